The minimum Gasteiger partial charge on any atom is -0.459 e. The predicted molar refractivity (Wildman–Crippen MR) is 193 cm³/mol. The van der Waals surface area contributed by atoms with Crippen molar-refractivity contribution in [2.24, 2.45) is 11.8 Å². The molecule has 13 nitrogen and oxygen atoms in total. The highest BCUT2D eigenvalue weighted by molar-refractivity contribution is 5.70. The normalized spacial score (nSPS) is 54.9. The molecule has 0 aromatic heterocycles. The average Bonchev–Trinajstić information content (AvgIpc) is 3.74. The van der Waals surface area contributed by atoms with E-state index in [1.54, 1.807) is 0 Å². The van der Waals surface area contributed by atoms with Crippen molar-refractivity contribution >= 4 is 5.97 Å². The van der Waals surface area contributed by atoms with Crippen molar-refractivity contribution in [1.29, 1.82) is 0 Å². The molecule has 2 N–H and O–H groups in total. The first-order valence-electron chi connectivity index (χ1n) is 21.3. The largest absolute Gasteiger partial charge is 0.459 e. The highest BCUT2D eigenvalue weighted by Gasteiger charge is 2.69. The Labute approximate surface area is 323 Å². The third-order valence-electron chi connectivity index (χ3n) is 14.8. The minimum absolute atomic E-state index is 0.00281. The van der Waals surface area contributed by atoms with Crippen LogP contribution in [-0.4, -0.2) is 138 Å². The average molecular weight is 773 g/mol. The van der Waals surface area contributed by atoms with Crippen LogP contribution in [0.15, 0.2) is 24.3 Å². The fraction of sp³-hybridized carbons (Fsp3) is 0.881. The van der Waals surface area contributed by atoms with Gasteiger partial charge in [0.1, 0.15) is 36.6 Å². The number of carbonyl (C=O) groups excluding carboxylic acids is 1. The zero-order chi connectivity index (χ0) is 37.7. The Hall–Kier alpha value is -1.49. The number of esters is 1. The van der Waals surface area contributed by atoms with Crippen molar-refractivity contribution in [2.75, 3.05) is 6.61 Å². The van der Waals surface area contributed by atoms with E-state index < -0.39 is 48.5 Å². The van der Waals surface area contributed by atoms with Crippen molar-refractivity contribution in [3.63, 3.8) is 0 Å². The van der Waals surface area contributed by atoms with E-state index in [2.05, 4.69) is 20.1 Å². The van der Waals surface area contributed by atoms with Gasteiger partial charge in [-0.15, -0.1) is 0 Å². The molecule has 0 radical (unpaired) electrons. The third kappa shape index (κ3) is 6.79. The maximum atomic E-state index is 14.0. The van der Waals surface area contributed by atoms with Crippen LogP contribution in [0.25, 0.3) is 0 Å². The van der Waals surface area contributed by atoms with Gasteiger partial charge in [-0.2, -0.15) is 0 Å². The maximum Gasteiger partial charge on any atom is 0.308 e. The van der Waals surface area contributed by atoms with Crippen molar-refractivity contribution in [3.8, 4) is 0 Å². The summed E-state index contributed by atoms with van der Waals surface area (Å²) in [5.41, 5.74) is 2.14. The molecule has 306 valence electrons. The second-order valence-electron chi connectivity index (χ2n) is 18.5. The molecule has 12 bridgehead atoms. The van der Waals surface area contributed by atoms with Gasteiger partial charge < -0.3 is 57.6 Å². The highest BCUT2D eigenvalue weighted by atomic mass is 16.8. The Kier molecular flexibility index (Phi) is 10.1. The number of fused-ring (bicyclic) bond motifs is 7. The summed E-state index contributed by atoms with van der Waals surface area (Å²) in [6, 6.07) is 0. The molecule has 0 amide bonds. The summed E-state index contributed by atoms with van der Waals surface area (Å²) in [5, 5.41) is 20.6. The first-order valence-corrected chi connectivity index (χ1v) is 21.3. The molecule has 11 fully saturated rings. The van der Waals surface area contributed by atoms with E-state index in [-0.39, 0.29) is 98.0 Å². The van der Waals surface area contributed by atoms with Gasteiger partial charge in [-0.05, 0) is 68.4 Å². The Morgan fingerprint density at radius 1 is 0.673 bits per heavy atom. The fourth-order valence-electron chi connectivity index (χ4n) is 11.9. The first kappa shape index (κ1) is 37.8. The zero-order valence-electron chi connectivity index (χ0n) is 32.2. The molecule has 11 aliphatic heterocycles. The summed E-state index contributed by atoms with van der Waals surface area (Å²) in [6.07, 6.45) is 2.38. The van der Waals surface area contributed by atoms with Gasteiger partial charge in [-0.3, -0.25) is 4.79 Å². The monoisotopic (exact) mass is 772 g/mol. The van der Waals surface area contributed by atoms with Crippen molar-refractivity contribution in [1.82, 2.24) is 0 Å². The van der Waals surface area contributed by atoms with Crippen molar-refractivity contribution in [2.45, 2.75) is 213 Å². The van der Waals surface area contributed by atoms with Crippen LogP contribution in [0.4, 0.5) is 0 Å². The molecule has 21 atom stereocenters. The van der Waals surface area contributed by atoms with E-state index in [4.69, 9.17) is 47.4 Å². The minimum atomic E-state index is -0.808. The van der Waals surface area contributed by atoms with Crippen LogP contribution in [-0.2, 0) is 52.2 Å². The lowest BCUT2D eigenvalue weighted by atomic mass is 9.79. The molecule has 11 rings (SSSR count). The second kappa shape index (κ2) is 14.7. The summed E-state index contributed by atoms with van der Waals surface area (Å²) < 4.78 is 66.9. The van der Waals surface area contributed by atoms with Gasteiger partial charge in [-0.25, -0.2) is 0 Å². The zero-order valence-corrected chi connectivity index (χ0v) is 32.2. The third-order valence-corrected chi connectivity index (χ3v) is 14.8. The van der Waals surface area contributed by atoms with E-state index >= 15 is 0 Å². The number of aliphatic hydroxyl groups is 2. The van der Waals surface area contributed by atoms with Gasteiger partial charge in [0.2, 0.25) is 0 Å². The molecule has 13 heteroatoms. The Morgan fingerprint density at radius 2 is 1.42 bits per heavy atom. The van der Waals surface area contributed by atoms with Gasteiger partial charge in [-0.1, -0.05) is 27.0 Å². The molecule has 11 saturated heterocycles. The molecule has 55 heavy (non-hydrogen) atoms. The van der Waals surface area contributed by atoms with Gasteiger partial charge >= 0.3 is 5.97 Å². The van der Waals surface area contributed by atoms with Crippen molar-refractivity contribution < 1.29 is 62.4 Å². The number of hydrogen-bond acceptors (Lipinski definition) is 13. The van der Waals surface area contributed by atoms with E-state index in [9.17, 15) is 15.0 Å². The van der Waals surface area contributed by atoms with E-state index in [1.807, 2.05) is 6.92 Å². The van der Waals surface area contributed by atoms with E-state index in [1.165, 1.54) is 0 Å². The molecular weight excluding hydrogens is 712 g/mol. The highest BCUT2D eigenvalue weighted by Crippen LogP contribution is 2.54. The number of rotatable bonds is 2. The lowest BCUT2D eigenvalue weighted by molar-refractivity contribution is -0.293. The van der Waals surface area contributed by atoms with Crippen LogP contribution in [0, 0.1) is 11.8 Å². The molecule has 11 aliphatic rings. The number of hydrogen-bond donors (Lipinski definition) is 2. The Balaban J connectivity index is 0.934. The summed E-state index contributed by atoms with van der Waals surface area (Å²) >= 11 is 0. The number of ether oxygens (including phenoxy) is 10. The summed E-state index contributed by atoms with van der Waals surface area (Å²) in [5.74, 6) is -1.18. The van der Waals surface area contributed by atoms with Crippen LogP contribution in [0.3, 0.4) is 0 Å². The van der Waals surface area contributed by atoms with Crippen molar-refractivity contribution in [3.05, 3.63) is 24.3 Å². The van der Waals surface area contributed by atoms with Crippen LogP contribution in [0.1, 0.15) is 97.3 Å². The van der Waals surface area contributed by atoms with Crippen LogP contribution < -0.4 is 0 Å². The lowest BCUT2D eigenvalue weighted by Crippen LogP contribution is -2.62. The molecule has 1 spiro atoms. The van der Waals surface area contributed by atoms with Gasteiger partial charge in [0, 0.05) is 38.2 Å². The molecule has 0 aliphatic carbocycles. The Bertz CT molecular complexity index is 1490. The molecule has 11 heterocycles. The number of aliphatic hydroxyl groups excluding tert-OH is 2. The van der Waals surface area contributed by atoms with Gasteiger partial charge in [0.25, 0.3) is 0 Å². The van der Waals surface area contributed by atoms with E-state index in [0.29, 0.717) is 38.5 Å². The lowest BCUT2D eigenvalue weighted by Gasteiger charge is -2.51. The maximum absolute atomic E-state index is 14.0. The topological polar surface area (TPSA) is 150 Å². The predicted octanol–water partition coefficient (Wildman–Crippen LogP) is 3.59. The summed E-state index contributed by atoms with van der Waals surface area (Å²) in [4.78, 5) is 14.0. The van der Waals surface area contributed by atoms with E-state index in [0.717, 1.165) is 49.7 Å². The van der Waals surface area contributed by atoms with Crippen LogP contribution >= 0.6 is 0 Å². The molecule has 0 aromatic rings. The van der Waals surface area contributed by atoms with Gasteiger partial charge in [0.15, 0.2) is 5.79 Å². The SMILES string of the molecule is C=C1CC2CC[C@@]34CC5O[C@H]6[C@@H](O3)[C@H]3O[C@H](CC[C@@H]3O[C@H]6[C@H]5O4)CC(=O)O[C@@H]3[C@@H](C)[C@@H]4OC(CCO)[C@H](O)C[C@@H]4O[C@H]3CC3O[C@@H](CCC1O2)C[C@@H](C)C3=C. The van der Waals surface area contributed by atoms with Crippen LogP contribution in [0.2, 0.25) is 0 Å². The van der Waals surface area contributed by atoms with Crippen LogP contribution in [0.5, 0.6) is 0 Å². The summed E-state index contributed by atoms with van der Waals surface area (Å²) in [7, 11) is 0. The standard InChI is InChI=1S/C42H60O13/c1-19-13-23-5-7-27-20(2)14-25(46-27)9-11-42-18-33-38(54-42)39-40(52-33)41(55-42)37-29(51-39)8-6-24(48-37)15-34(45)53-36-22(4)35-31(16-26(44)28(50-35)10-12-43)49-32(36)17-30(47-23)21(19)3/h19,22-33,35-41,43-44H,2-3,5-18H2,1,4H3/t19-,22+,23+,24-,25?,26-,27?,28?,29+,30?,31+,32+,33?,35+,36-,37+,38+,39+,40-,41+,42+/m1/s1. The van der Waals surface area contributed by atoms with Gasteiger partial charge in [0.05, 0.1) is 79.7 Å². The smallest absolute Gasteiger partial charge is 0.308 e. The Morgan fingerprint density at radius 3 is 2.27 bits per heavy atom. The molecule has 0 aromatic carbocycles. The second-order valence-corrected chi connectivity index (χ2v) is 18.5. The molecule has 5 unspecified atom stereocenters. The summed E-state index contributed by atoms with van der Waals surface area (Å²) in [6.45, 7) is 13.1. The quantitative estimate of drug-likeness (QED) is 0.312. The first-order chi connectivity index (χ1) is 26.5. The molecule has 0 saturated carbocycles. The molecular formula is C42H60O13. The fourth-order valence-corrected chi connectivity index (χ4v) is 11.9. The number of carbonyl (C=O) groups is 1.